The van der Waals surface area contributed by atoms with Gasteiger partial charge in [-0.25, -0.2) is 8.42 Å². The van der Waals surface area contributed by atoms with Crippen LogP contribution in [0.3, 0.4) is 0 Å². The Bertz CT molecular complexity index is 1610. The molecule has 3 aromatic carbocycles. The predicted molar refractivity (Wildman–Crippen MR) is 151 cm³/mol. The van der Waals surface area contributed by atoms with Crippen molar-refractivity contribution in [1.29, 1.82) is 0 Å². The summed E-state index contributed by atoms with van der Waals surface area (Å²) in [4.78, 5) is 15.1. The van der Waals surface area contributed by atoms with Crippen LogP contribution in [-0.4, -0.2) is 74.9 Å². The molecule has 0 aromatic heterocycles. The number of nitrogens with one attached hydrogen (secondary N) is 1. The number of alkyl halides is 4. The van der Waals surface area contributed by atoms with Gasteiger partial charge in [0.15, 0.2) is 21.3 Å². The molecule has 2 heterocycles. The molecule has 3 aromatic rings. The molecule has 242 valence electrons. The summed E-state index contributed by atoms with van der Waals surface area (Å²) in [5, 5.41) is 13.8. The molecule has 15 heteroatoms. The van der Waals surface area contributed by atoms with Gasteiger partial charge < -0.3 is 29.4 Å². The largest absolute Gasteiger partial charge is 0.586 e. The summed E-state index contributed by atoms with van der Waals surface area (Å²) in [6.07, 6.45) is -4.55. The topological polar surface area (TPSA) is 124 Å². The van der Waals surface area contributed by atoms with Crippen molar-refractivity contribution in [2.75, 3.05) is 25.5 Å². The lowest BCUT2D eigenvalue weighted by Crippen LogP contribution is -2.62. The fraction of sp³-hybridized carbons (Fsp3) is 0.367. The molecule has 0 saturated carbocycles. The molecular weight excluding hydrogens is 624 g/mol. The Balaban J connectivity index is 1.51. The number of likely N-dealkylation sites (tertiary alicyclic amines) is 1. The number of fused-ring (bicyclic) bond motifs is 1. The van der Waals surface area contributed by atoms with E-state index in [-0.39, 0.29) is 52.0 Å². The maximum absolute atomic E-state index is 13.5. The molecule has 0 unspecified atom stereocenters. The zero-order chi connectivity index (χ0) is 32.4. The van der Waals surface area contributed by atoms with Crippen LogP contribution in [0.5, 0.6) is 17.2 Å². The van der Waals surface area contributed by atoms with Crippen molar-refractivity contribution >= 4 is 15.7 Å². The minimum absolute atomic E-state index is 0.0172. The van der Waals surface area contributed by atoms with Crippen LogP contribution in [0.15, 0.2) is 77.7 Å². The molecule has 1 amide bonds. The average Bonchev–Trinajstić information content (AvgIpc) is 3.57. The van der Waals surface area contributed by atoms with Gasteiger partial charge in [0.1, 0.15) is 17.5 Å². The monoisotopic (exact) mass is 654 g/mol. The van der Waals surface area contributed by atoms with Crippen molar-refractivity contribution in [2.24, 2.45) is 0 Å². The molecule has 45 heavy (non-hydrogen) atoms. The van der Waals surface area contributed by atoms with Crippen molar-refractivity contribution in [2.45, 2.75) is 49.0 Å². The van der Waals surface area contributed by atoms with Crippen LogP contribution in [0.25, 0.3) is 0 Å². The summed E-state index contributed by atoms with van der Waals surface area (Å²) in [5.41, 5.74) is -1.27. The predicted octanol–water partition coefficient (Wildman–Crippen LogP) is 4.14. The van der Waals surface area contributed by atoms with E-state index in [2.05, 4.69) is 19.5 Å². The lowest BCUT2D eigenvalue weighted by molar-refractivity contribution is -0.286. The van der Waals surface area contributed by atoms with Crippen LogP contribution < -0.4 is 19.5 Å². The van der Waals surface area contributed by atoms with Gasteiger partial charge in [0.2, 0.25) is 0 Å². The van der Waals surface area contributed by atoms with Crippen molar-refractivity contribution in [3.05, 3.63) is 83.9 Å². The first-order valence-electron chi connectivity index (χ1n) is 13.9. The lowest BCUT2D eigenvalue weighted by atomic mass is 9.96. The molecule has 1 saturated heterocycles. The molecular formula is C30H30F4N2O8S. The SMILES string of the molecule is CCS(=O)(=O)c1ccc([C@@](CO)(NC(=O)c2ccccc2)N2C[C@@H](Oc3ccc4c(c3)OC(F)(F)O4)C[C@H]2COC(F)F)cc1. The van der Waals surface area contributed by atoms with E-state index in [0.717, 1.165) is 0 Å². The number of sulfone groups is 1. The number of benzene rings is 3. The Morgan fingerprint density at radius 1 is 1.09 bits per heavy atom. The first-order valence-corrected chi connectivity index (χ1v) is 15.6. The second kappa shape index (κ2) is 12.8. The number of amides is 1. The van der Waals surface area contributed by atoms with E-state index in [4.69, 9.17) is 4.74 Å². The zero-order valence-corrected chi connectivity index (χ0v) is 24.7. The highest BCUT2D eigenvalue weighted by Crippen LogP contribution is 2.43. The minimum atomic E-state index is -3.84. The highest BCUT2D eigenvalue weighted by atomic mass is 32.2. The van der Waals surface area contributed by atoms with Crippen molar-refractivity contribution in [1.82, 2.24) is 10.2 Å². The number of halogens is 4. The van der Waals surface area contributed by atoms with Gasteiger partial charge in [-0.15, -0.1) is 8.78 Å². The number of rotatable bonds is 12. The van der Waals surface area contributed by atoms with Crippen LogP contribution in [0.2, 0.25) is 0 Å². The molecule has 0 radical (unpaired) electrons. The summed E-state index contributed by atoms with van der Waals surface area (Å²) in [7, 11) is -3.59. The normalized spacial score (nSPS) is 20.6. The number of carbonyl (C=O) groups excluding carboxylic acids is 1. The van der Waals surface area contributed by atoms with E-state index in [9.17, 15) is 35.9 Å². The van der Waals surface area contributed by atoms with Crippen molar-refractivity contribution < 1.29 is 54.8 Å². The Hall–Kier alpha value is -3.92. The van der Waals surface area contributed by atoms with Gasteiger partial charge in [-0.2, -0.15) is 8.78 Å². The second-order valence-corrected chi connectivity index (χ2v) is 12.7. The van der Waals surface area contributed by atoms with Gasteiger partial charge in [-0.3, -0.25) is 9.69 Å². The Morgan fingerprint density at radius 2 is 1.78 bits per heavy atom. The molecule has 2 aliphatic rings. The summed E-state index contributed by atoms with van der Waals surface area (Å²) in [5.74, 6) is -1.10. The Kier molecular flexibility index (Phi) is 9.26. The second-order valence-electron chi connectivity index (χ2n) is 10.4. The molecule has 2 aliphatic heterocycles. The fourth-order valence-corrected chi connectivity index (χ4v) is 6.33. The fourth-order valence-electron chi connectivity index (χ4n) is 5.45. The first kappa shape index (κ1) is 32.5. The maximum Gasteiger partial charge on any atom is 0.586 e. The molecule has 2 N–H and O–H groups in total. The molecule has 3 atom stereocenters. The van der Waals surface area contributed by atoms with Gasteiger partial charge in [0.25, 0.3) is 5.91 Å². The number of hydrogen-bond donors (Lipinski definition) is 2. The molecule has 0 bridgehead atoms. The number of aliphatic hydroxyl groups excluding tert-OH is 1. The van der Waals surface area contributed by atoms with Gasteiger partial charge >= 0.3 is 12.9 Å². The van der Waals surface area contributed by atoms with E-state index in [0.29, 0.717) is 0 Å². The highest BCUT2D eigenvalue weighted by molar-refractivity contribution is 7.91. The maximum atomic E-state index is 13.5. The van der Waals surface area contributed by atoms with Crippen LogP contribution in [0, 0.1) is 0 Å². The van der Waals surface area contributed by atoms with E-state index in [1.807, 2.05) is 0 Å². The first-order chi connectivity index (χ1) is 21.4. The Morgan fingerprint density at radius 3 is 2.42 bits per heavy atom. The van der Waals surface area contributed by atoms with E-state index in [1.54, 1.807) is 35.2 Å². The summed E-state index contributed by atoms with van der Waals surface area (Å²) < 4.78 is 98.1. The number of ether oxygens (including phenoxy) is 4. The summed E-state index contributed by atoms with van der Waals surface area (Å²) in [6.45, 7) is -2.99. The lowest BCUT2D eigenvalue weighted by Gasteiger charge is -2.44. The third-order valence-corrected chi connectivity index (χ3v) is 9.36. The molecule has 0 spiro atoms. The van der Waals surface area contributed by atoms with Crippen LogP contribution >= 0.6 is 0 Å². The van der Waals surface area contributed by atoms with Crippen LogP contribution in [-0.2, 0) is 20.2 Å². The van der Waals surface area contributed by atoms with Crippen LogP contribution in [0.4, 0.5) is 17.6 Å². The molecule has 1 fully saturated rings. The summed E-state index contributed by atoms with van der Waals surface area (Å²) in [6, 6.07) is 16.6. The zero-order valence-electron chi connectivity index (χ0n) is 23.9. The van der Waals surface area contributed by atoms with Gasteiger partial charge in [-0.05, 0) is 42.0 Å². The molecule has 10 nitrogen and oxygen atoms in total. The average molecular weight is 655 g/mol. The Labute approximate surface area is 256 Å². The van der Waals surface area contributed by atoms with Crippen molar-refractivity contribution in [3.8, 4) is 17.2 Å². The van der Waals surface area contributed by atoms with E-state index >= 15 is 0 Å². The summed E-state index contributed by atoms with van der Waals surface area (Å²) >= 11 is 0. The highest BCUT2D eigenvalue weighted by Gasteiger charge is 2.49. The van der Waals surface area contributed by atoms with E-state index < -0.39 is 59.7 Å². The van der Waals surface area contributed by atoms with Crippen molar-refractivity contribution in [3.63, 3.8) is 0 Å². The third kappa shape index (κ3) is 7.01. The smallest absolute Gasteiger partial charge is 0.489 e. The number of hydrogen-bond acceptors (Lipinski definition) is 9. The standard InChI is InChI=1S/C30H30F4N2O8S/c1-2-45(39,40)24-11-8-20(9-12-24)29(18-37,35-27(38)19-6-4-3-5-7-19)36-16-23(14-21(36)17-41-28(31)32)42-22-10-13-25-26(15-22)44-30(33,34)43-25/h3-13,15,21,23,28,37H,2,14,16-18H2,1H3,(H,35,38)/t21-,23-,29-/m0/s1. The number of nitrogens with zero attached hydrogens (tertiary/aromatic N) is 1. The number of aliphatic hydroxyl groups is 1. The van der Waals surface area contributed by atoms with Gasteiger partial charge in [0, 0.05) is 30.6 Å². The van der Waals surface area contributed by atoms with Crippen LogP contribution in [0.1, 0.15) is 29.3 Å². The quantitative estimate of drug-likeness (QED) is 0.278. The number of carbonyl (C=O) groups is 1. The minimum Gasteiger partial charge on any atom is -0.489 e. The third-order valence-electron chi connectivity index (χ3n) is 7.61. The molecule has 0 aliphatic carbocycles. The molecule has 5 rings (SSSR count). The van der Waals surface area contributed by atoms with E-state index in [1.165, 1.54) is 49.4 Å². The van der Waals surface area contributed by atoms with Gasteiger partial charge in [0.05, 0.1) is 23.9 Å². The van der Waals surface area contributed by atoms with Gasteiger partial charge in [-0.1, -0.05) is 37.3 Å².